The second kappa shape index (κ2) is 7.07. The lowest BCUT2D eigenvalue weighted by atomic mass is 10.1. The number of para-hydroxylation sites is 1. The van der Waals surface area contributed by atoms with Gasteiger partial charge in [-0.25, -0.2) is 4.98 Å². The zero-order chi connectivity index (χ0) is 17.9. The maximum absolute atomic E-state index is 12.4. The number of hydrogen-bond donors (Lipinski definition) is 1. The number of hydrogen-bond acceptors (Lipinski definition) is 8. The first-order valence-corrected chi connectivity index (χ1v) is 8.83. The Hall–Kier alpha value is -2.30. The van der Waals surface area contributed by atoms with Crippen molar-refractivity contribution in [1.29, 1.82) is 0 Å². The minimum Gasteiger partial charge on any atom is -0.426 e. The van der Waals surface area contributed by atoms with Gasteiger partial charge in [0.2, 0.25) is 0 Å². The van der Waals surface area contributed by atoms with Crippen LogP contribution in [-0.4, -0.2) is 32.4 Å². The first kappa shape index (κ1) is 18.0. The first-order chi connectivity index (χ1) is 11.2. The molecule has 0 aliphatic heterocycles. The molecular weight excluding hydrogens is 356 g/mol. The van der Waals surface area contributed by atoms with Crippen LogP contribution in [0.25, 0.3) is 0 Å². The summed E-state index contributed by atoms with van der Waals surface area (Å²) in [4.78, 5) is 27.4. The van der Waals surface area contributed by atoms with E-state index in [1.54, 1.807) is 19.1 Å². The minimum absolute atomic E-state index is 0.0749. The van der Waals surface area contributed by atoms with Crippen LogP contribution >= 0.6 is 11.3 Å². The van der Waals surface area contributed by atoms with Gasteiger partial charge in [-0.2, -0.15) is 8.42 Å². The summed E-state index contributed by atoms with van der Waals surface area (Å²) in [5.74, 6) is -0.990. The summed E-state index contributed by atoms with van der Waals surface area (Å²) in [6.45, 7) is 2.93. The molecule has 1 heterocycles. The van der Waals surface area contributed by atoms with Crippen molar-refractivity contribution in [3.8, 4) is 5.75 Å². The molecule has 0 atom stereocenters. The Balaban J connectivity index is 2.28. The summed E-state index contributed by atoms with van der Waals surface area (Å²) in [7, 11) is -2.84. The summed E-state index contributed by atoms with van der Waals surface area (Å²) in [6, 6.07) is 4.82. The van der Waals surface area contributed by atoms with Crippen LogP contribution < -0.4 is 10.1 Å². The van der Waals surface area contributed by atoms with Gasteiger partial charge in [0, 0.05) is 6.92 Å². The molecule has 0 spiro atoms. The molecule has 2 rings (SSSR count). The van der Waals surface area contributed by atoms with Gasteiger partial charge in [-0.1, -0.05) is 23.5 Å². The van der Waals surface area contributed by atoms with Crippen LogP contribution in [0.1, 0.15) is 22.8 Å². The van der Waals surface area contributed by atoms with Crippen molar-refractivity contribution in [1.82, 2.24) is 4.98 Å². The standard InChI is InChI=1S/C14H14N2O6S2/c1-8-5-4-6-10(12(8)22-9(2)17)13(18)16-14-15-7-11(23-14)24(19,20)21-3/h4-7H,1-3H3,(H,15,16,18). The maximum Gasteiger partial charge on any atom is 0.308 e. The summed E-state index contributed by atoms with van der Waals surface area (Å²) in [5.41, 5.74) is 0.746. The molecule has 0 radical (unpaired) electrons. The second-order valence-electron chi connectivity index (χ2n) is 4.60. The lowest BCUT2D eigenvalue weighted by molar-refractivity contribution is -0.131. The van der Waals surface area contributed by atoms with Crippen molar-refractivity contribution < 1.29 is 26.9 Å². The molecule has 0 aliphatic rings. The molecule has 0 bridgehead atoms. The zero-order valence-corrected chi connectivity index (χ0v) is 14.7. The third kappa shape index (κ3) is 3.96. The van der Waals surface area contributed by atoms with E-state index in [0.717, 1.165) is 24.6 Å². The summed E-state index contributed by atoms with van der Waals surface area (Å²) in [5, 5.41) is 2.55. The number of thiazole rings is 1. The lowest BCUT2D eigenvalue weighted by Crippen LogP contribution is -2.15. The first-order valence-electron chi connectivity index (χ1n) is 6.60. The Kier molecular flexibility index (Phi) is 5.32. The van der Waals surface area contributed by atoms with E-state index in [2.05, 4.69) is 14.5 Å². The number of amides is 1. The van der Waals surface area contributed by atoms with Crippen LogP contribution in [0, 0.1) is 6.92 Å². The number of esters is 1. The molecule has 8 nitrogen and oxygen atoms in total. The molecule has 1 amide bonds. The molecule has 1 aromatic heterocycles. The van der Waals surface area contributed by atoms with Crippen molar-refractivity contribution >= 4 is 38.5 Å². The van der Waals surface area contributed by atoms with E-state index in [4.69, 9.17) is 4.74 Å². The zero-order valence-electron chi connectivity index (χ0n) is 13.0. The predicted octanol–water partition coefficient (Wildman–Crippen LogP) is 1.96. The normalized spacial score (nSPS) is 11.1. The van der Waals surface area contributed by atoms with E-state index in [0.29, 0.717) is 5.56 Å². The van der Waals surface area contributed by atoms with Gasteiger partial charge in [0.05, 0.1) is 18.9 Å². The van der Waals surface area contributed by atoms with Crippen LogP contribution in [0.5, 0.6) is 5.75 Å². The van der Waals surface area contributed by atoms with Gasteiger partial charge in [-0.3, -0.25) is 19.1 Å². The molecule has 0 saturated heterocycles. The van der Waals surface area contributed by atoms with E-state index in [1.807, 2.05) is 0 Å². The Bertz CT molecular complexity index is 888. The molecule has 2 aromatic rings. The van der Waals surface area contributed by atoms with E-state index in [-0.39, 0.29) is 20.7 Å². The number of nitrogens with zero attached hydrogens (tertiary/aromatic N) is 1. The summed E-state index contributed by atoms with van der Waals surface area (Å²) < 4.78 is 32.5. The third-order valence-electron chi connectivity index (χ3n) is 2.87. The SMILES string of the molecule is COS(=O)(=O)c1cnc(NC(=O)c2cccc(C)c2OC(C)=O)s1. The fourth-order valence-electron chi connectivity index (χ4n) is 1.79. The van der Waals surface area contributed by atoms with Gasteiger partial charge >= 0.3 is 16.1 Å². The quantitative estimate of drug-likeness (QED) is 0.486. The van der Waals surface area contributed by atoms with E-state index in [1.165, 1.54) is 13.0 Å². The molecule has 0 aliphatic carbocycles. The molecule has 0 saturated carbocycles. The summed E-state index contributed by atoms with van der Waals surface area (Å²) >= 11 is 0.748. The van der Waals surface area contributed by atoms with E-state index >= 15 is 0 Å². The average molecular weight is 370 g/mol. The lowest BCUT2D eigenvalue weighted by Gasteiger charge is -2.10. The van der Waals surface area contributed by atoms with E-state index in [9.17, 15) is 18.0 Å². The van der Waals surface area contributed by atoms with Crippen molar-refractivity contribution in [3.05, 3.63) is 35.5 Å². The molecule has 0 unspecified atom stereocenters. The molecule has 0 fully saturated rings. The molecule has 1 N–H and O–H groups in total. The highest BCUT2D eigenvalue weighted by Gasteiger charge is 2.20. The molecule has 128 valence electrons. The van der Waals surface area contributed by atoms with Crippen LogP contribution in [0.4, 0.5) is 5.13 Å². The van der Waals surface area contributed by atoms with E-state index < -0.39 is 22.0 Å². The number of carbonyl (C=O) groups is 2. The minimum atomic E-state index is -3.87. The molecule has 24 heavy (non-hydrogen) atoms. The Morgan fingerprint density at radius 2 is 2.00 bits per heavy atom. The number of nitrogens with one attached hydrogen (secondary N) is 1. The topological polar surface area (TPSA) is 112 Å². The van der Waals surface area contributed by atoms with Gasteiger partial charge in [0.1, 0.15) is 5.75 Å². The van der Waals surface area contributed by atoms with Gasteiger partial charge < -0.3 is 4.74 Å². The van der Waals surface area contributed by atoms with Crippen LogP contribution in [0.15, 0.2) is 28.6 Å². The van der Waals surface area contributed by atoms with Gasteiger partial charge in [-0.15, -0.1) is 0 Å². The highest BCUT2D eigenvalue weighted by molar-refractivity contribution is 7.89. The van der Waals surface area contributed by atoms with Crippen molar-refractivity contribution in [2.24, 2.45) is 0 Å². The summed E-state index contributed by atoms with van der Waals surface area (Å²) in [6.07, 6.45) is 1.09. The number of aromatic nitrogens is 1. The fourth-order valence-corrected chi connectivity index (χ4v) is 3.53. The Labute approximate surface area is 142 Å². The van der Waals surface area contributed by atoms with Crippen molar-refractivity contribution in [2.75, 3.05) is 12.4 Å². The average Bonchev–Trinajstić information content (AvgIpc) is 2.98. The maximum atomic E-state index is 12.4. The van der Waals surface area contributed by atoms with Gasteiger partial charge in [0.15, 0.2) is 9.34 Å². The smallest absolute Gasteiger partial charge is 0.308 e. The Morgan fingerprint density at radius 1 is 1.29 bits per heavy atom. The monoisotopic (exact) mass is 370 g/mol. The number of anilines is 1. The molecular formula is C14H14N2O6S2. The fraction of sp³-hybridized carbons (Fsp3) is 0.214. The largest absolute Gasteiger partial charge is 0.426 e. The molecule has 10 heteroatoms. The predicted molar refractivity (Wildman–Crippen MR) is 86.8 cm³/mol. The highest BCUT2D eigenvalue weighted by atomic mass is 32.3. The highest BCUT2D eigenvalue weighted by Crippen LogP contribution is 2.27. The van der Waals surface area contributed by atoms with Crippen LogP contribution in [0.3, 0.4) is 0 Å². The van der Waals surface area contributed by atoms with Gasteiger partial charge in [-0.05, 0) is 18.6 Å². The number of aryl methyl sites for hydroxylation is 1. The Morgan fingerprint density at radius 3 is 2.62 bits per heavy atom. The van der Waals surface area contributed by atoms with Gasteiger partial charge in [0.25, 0.3) is 5.91 Å². The number of ether oxygens (including phenoxy) is 1. The van der Waals surface area contributed by atoms with Crippen molar-refractivity contribution in [3.63, 3.8) is 0 Å². The molecule has 1 aromatic carbocycles. The number of carbonyl (C=O) groups excluding carboxylic acids is 2. The van der Waals surface area contributed by atoms with Crippen molar-refractivity contribution in [2.45, 2.75) is 18.1 Å². The number of benzene rings is 1. The van der Waals surface area contributed by atoms with Crippen LogP contribution in [0.2, 0.25) is 0 Å². The van der Waals surface area contributed by atoms with Crippen LogP contribution in [-0.2, 0) is 19.1 Å². The number of rotatable bonds is 5. The third-order valence-corrected chi connectivity index (χ3v) is 5.48. The second-order valence-corrected chi connectivity index (χ2v) is 7.58.